The number of carbonyl (C=O) groups excluding carboxylic acids is 1. The standard InChI is InChI=1S/C21H30N6OS/c1-17-5-14-29-18(17)3-4-21(28)27-12-10-26(11-13-27)20-15-19(22-16-23-20)25-8-6-24(2)7-9-25/h5,14-16H,3-4,6-13H2,1-2H3. The molecule has 2 aromatic heterocycles. The predicted octanol–water partition coefficient (Wildman–Crippen LogP) is 1.88. The van der Waals surface area contributed by atoms with Gasteiger partial charge in [0.15, 0.2) is 0 Å². The Balaban J connectivity index is 1.29. The minimum atomic E-state index is 0.262. The Labute approximate surface area is 177 Å². The van der Waals surface area contributed by atoms with Crippen molar-refractivity contribution in [2.45, 2.75) is 19.8 Å². The van der Waals surface area contributed by atoms with Crippen molar-refractivity contribution in [1.29, 1.82) is 0 Å². The average Bonchev–Trinajstić information content (AvgIpc) is 3.17. The zero-order chi connectivity index (χ0) is 20.2. The Kier molecular flexibility index (Phi) is 6.30. The average molecular weight is 415 g/mol. The fourth-order valence-electron chi connectivity index (χ4n) is 3.94. The number of piperazine rings is 2. The van der Waals surface area contributed by atoms with E-state index in [1.807, 2.05) is 4.90 Å². The van der Waals surface area contributed by atoms with Crippen LogP contribution in [0.3, 0.4) is 0 Å². The van der Waals surface area contributed by atoms with Gasteiger partial charge in [-0.15, -0.1) is 11.3 Å². The van der Waals surface area contributed by atoms with Crippen molar-refractivity contribution >= 4 is 28.9 Å². The van der Waals surface area contributed by atoms with E-state index in [0.717, 1.165) is 70.4 Å². The van der Waals surface area contributed by atoms with Crippen LogP contribution in [0.1, 0.15) is 16.9 Å². The molecule has 0 aliphatic carbocycles. The van der Waals surface area contributed by atoms with Crippen molar-refractivity contribution in [3.8, 4) is 0 Å². The summed E-state index contributed by atoms with van der Waals surface area (Å²) in [7, 11) is 2.16. The summed E-state index contributed by atoms with van der Waals surface area (Å²) in [4.78, 5) is 31.9. The largest absolute Gasteiger partial charge is 0.354 e. The Bertz CT molecular complexity index is 824. The fourth-order valence-corrected chi connectivity index (χ4v) is 4.85. The van der Waals surface area contributed by atoms with Crippen molar-refractivity contribution in [2.75, 3.05) is 69.2 Å². The van der Waals surface area contributed by atoms with E-state index in [4.69, 9.17) is 0 Å². The van der Waals surface area contributed by atoms with Gasteiger partial charge in [0.2, 0.25) is 5.91 Å². The molecule has 0 bridgehead atoms. The number of anilines is 2. The maximum Gasteiger partial charge on any atom is 0.223 e. The topological polar surface area (TPSA) is 55.8 Å². The second-order valence-corrected chi connectivity index (χ2v) is 8.92. The lowest BCUT2D eigenvalue weighted by molar-refractivity contribution is -0.131. The highest BCUT2D eigenvalue weighted by Gasteiger charge is 2.23. The molecule has 2 aliphatic rings. The summed E-state index contributed by atoms with van der Waals surface area (Å²) in [5.41, 5.74) is 1.30. The number of likely N-dealkylation sites (N-methyl/N-ethyl adjacent to an activating group) is 1. The molecule has 7 nitrogen and oxygen atoms in total. The van der Waals surface area contributed by atoms with Crippen molar-refractivity contribution < 1.29 is 4.79 Å². The van der Waals surface area contributed by atoms with Gasteiger partial charge in [-0.25, -0.2) is 9.97 Å². The summed E-state index contributed by atoms with van der Waals surface area (Å²) in [6, 6.07) is 4.23. The molecule has 8 heteroatoms. The first-order chi connectivity index (χ1) is 14.1. The Morgan fingerprint density at radius 3 is 2.21 bits per heavy atom. The van der Waals surface area contributed by atoms with Crippen LogP contribution in [0.5, 0.6) is 0 Å². The minimum absolute atomic E-state index is 0.262. The lowest BCUT2D eigenvalue weighted by Gasteiger charge is -2.36. The molecule has 29 heavy (non-hydrogen) atoms. The van der Waals surface area contributed by atoms with E-state index in [1.165, 1.54) is 10.4 Å². The number of nitrogens with zero attached hydrogens (tertiary/aromatic N) is 6. The molecule has 0 radical (unpaired) electrons. The third kappa shape index (κ3) is 4.87. The molecule has 156 valence electrons. The van der Waals surface area contributed by atoms with Gasteiger partial charge in [-0.05, 0) is 37.4 Å². The molecule has 2 fully saturated rings. The summed E-state index contributed by atoms with van der Waals surface area (Å²) < 4.78 is 0. The molecule has 0 aromatic carbocycles. The Hall–Kier alpha value is -2.19. The van der Waals surface area contributed by atoms with Crippen LogP contribution in [0.15, 0.2) is 23.8 Å². The van der Waals surface area contributed by atoms with Gasteiger partial charge in [-0.3, -0.25) is 4.79 Å². The molecule has 0 N–H and O–H groups in total. The molecule has 0 saturated carbocycles. The lowest BCUT2D eigenvalue weighted by Crippen LogP contribution is -2.49. The van der Waals surface area contributed by atoms with Gasteiger partial charge in [-0.2, -0.15) is 0 Å². The summed E-state index contributed by atoms with van der Waals surface area (Å²) in [5.74, 6) is 2.24. The molecular formula is C21H30N6OS. The van der Waals surface area contributed by atoms with Gasteiger partial charge in [0.1, 0.15) is 18.0 Å². The second-order valence-electron chi connectivity index (χ2n) is 7.92. The molecule has 4 rings (SSSR count). The van der Waals surface area contributed by atoms with Crippen LogP contribution in [0, 0.1) is 6.92 Å². The number of rotatable bonds is 5. The van der Waals surface area contributed by atoms with E-state index in [0.29, 0.717) is 6.42 Å². The molecule has 2 aromatic rings. The van der Waals surface area contributed by atoms with E-state index in [2.05, 4.69) is 56.2 Å². The van der Waals surface area contributed by atoms with Crippen LogP contribution < -0.4 is 9.80 Å². The first-order valence-corrected chi connectivity index (χ1v) is 11.3. The van der Waals surface area contributed by atoms with Crippen LogP contribution in [-0.2, 0) is 11.2 Å². The summed E-state index contributed by atoms with van der Waals surface area (Å²) in [6.45, 7) is 9.40. The molecular weight excluding hydrogens is 384 g/mol. The maximum absolute atomic E-state index is 12.6. The highest BCUT2D eigenvalue weighted by atomic mass is 32.1. The van der Waals surface area contributed by atoms with E-state index in [9.17, 15) is 4.79 Å². The summed E-state index contributed by atoms with van der Waals surface area (Å²) in [6.07, 6.45) is 3.12. The first-order valence-electron chi connectivity index (χ1n) is 10.4. The maximum atomic E-state index is 12.6. The normalized spacial score (nSPS) is 18.3. The molecule has 1 amide bonds. The number of amides is 1. The number of carbonyl (C=O) groups is 1. The SMILES string of the molecule is Cc1ccsc1CCC(=O)N1CCN(c2cc(N3CCN(C)CC3)ncn2)CC1. The smallest absolute Gasteiger partial charge is 0.223 e. The number of aryl methyl sites for hydroxylation is 2. The van der Waals surface area contributed by atoms with Gasteiger partial charge in [-0.1, -0.05) is 0 Å². The van der Waals surface area contributed by atoms with E-state index in [1.54, 1.807) is 17.7 Å². The third-order valence-corrected chi connectivity index (χ3v) is 7.04. The van der Waals surface area contributed by atoms with Crippen LogP contribution in [0.4, 0.5) is 11.6 Å². The Morgan fingerprint density at radius 2 is 1.62 bits per heavy atom. The van der Waals surface area contributed by atoms with Crippen molar-refractivity contribution in [3.05, 3.63) is 34.3 Å². The highest BCUT2D eigenvalue weighted by molar-refractivity contribution is 7.10. The molecule has 0 unspecified atom stereocenters. The van der Waals surface area contributed by atoms with Gasteiger partial charge >= 0.3 is 0 Å². The number of aromatic nitrogens is 2. The monoisotopic (exact) mass is 414 g/mol. The summed E-state index contributed by atoms with van der Waals surface area (Å²) in [5, 5.41) is 2.10. The zero-order valence-electron chi connectivity index (χ0n) is 17.4. The highest BCUT2D eigenvalue weighted by Crippen LogP contribution is 2.21. The van der Waals surface area contributed by atoms with E-state index in [-0.39, 0.29) is 5.91 Å². The molecule has 0 spiro atoms. The molecule has 2 aliphatic heterocycles. The minimum Gasteiger partial charge on any atom is -0.354 e. The van der Waals surface area contributed by atoms with Gasteiger partial charge in [0, 0.05) is 69.7 Å². The van der Waals surface area contributed by atoms with Crippen molar-refractivity contribution in [3.63, 3.8) is 0 Å². The summed E-state index contributed by atoms with van der Waals surface area (Å²) >= 11 is 1.75. The fraction of sp³-hybridized carbons (Fsp3) is 0.571. The van der Waals surface area contributed by atoms with E-state index >= 15 is 0 Å². The van der Waals surface area contributed by atoms with E-state index < -0.39 is 0 Å². The number of hydrogen-bond donors (Lipinski definition) is 0. The number of thiophene rings is 1. The van der Waals surface area contributed by atoms with Crippen LogP contribution in [0.2, 0.25) is 0 Å². The molecule has 2 saturated heterocycles. The zero-order valence-corrected chi connectivity index (χ0v) is 18.2. The van der Waals surface area contributed by atoms with Gasteiger partial charge in [0.25, 0.3) is 0 Å². The van der Waals surface area contributed by atoms with Crippen molar-refractivity contribution in [1.82, 2.24) is 19.8 Å². The van der Waals surface area contributed by atoms with Crippen LogP contribution in [-0.4, -0.2) is 85.1 Å². The quantitative estimate of drug-likeness (QED) is 0.745. The van der Waals surface area contributed by atoms with Crippen molar-refractivity contribution in [2.24, 2.45) is 0 Å². The lowest BCUT2D eigenvalue weighted by atomic mass is 10.2. The van der Waals surface area contributed by atoms with Gasteiger partial charge in [0.05, 0.1) is 0 Å². The Morgan fingerprint density at radius 1 is 1.00 bits per heavy atom. The molecule has 0 atom stereocenters. The van der Waals surface area contributed by atoms with Crippen LogP contribution in [0.25, 0.3) is 0 Å². The first kappa shape index (κ1) is 20.1. The van der Waals surface area contributed by atoms with Gasteiger partial charge < -0.3 is 19.6 Å². The third-order valence-electron chi connectivity index (χ3n) is 5.96. The second kappa shape index (κ2) is 9.09. The number of hydrogen-bond acceptors (Lipinski definition) is 7. The molecule has 4 heterocycles. The predicted molar refractivity (Wildman–Crippen MR) is 118 cm³/mol. The van der Waals surface area contributed by atoms with Crippen LogP contribution >= 0.6 is 11.3 Å².